The van der Waals surface area contributed by atoms with Crippen LogP contribution < -0.4 is 9.47 Å². The first kappa shape index (κ1) is 11.3. The number of nitrogens with zero attached hydrogens (tertiary/aromatic N) is 1. The van der Waals surface area contributed by atoms with E-state index in [0.717, 1.165) is 29.1 Å². The fraction of sp³-hybridized carbons (Fsp3) is 0.118. The standard InChI is InChI=1S/C17H13NO2/c1-2-4-15-13(3-1)6-7-14(18-15)9-12-5-8-16-17(10-12)20-11-19-16/h1-8,10H,9,11H2. The van der Waals surface area contributed by atoms with Gasteiger partial charge in [-0.25, -0.2) is 0 Å². The zero-order valence-corrected chi connectivity index (χ0v) is 10.9. The zero-order valence-electron chi connectivity index (χ0n) is 10.9. The molecular weight excluding hydrogens is 250 g/mol. The van der Waals surface area contributed by atoms with Crippen molar-refractivity contribution in [1.82, 2.24) is 4.98 Å². The van der Waals surface area contributed by atoms with Gasteiger partial charge >= 0.3 is 0 Å². The van der Waals surface area contributed by atoms with E-state index in [2.05, 4.69) is 24.3 Å². The minimum Gasteiger partial charge on any atom is -0.454 e. The molecule has 0 amide bonds. The number of rotatable bonds is 2. The lowest BCUT2D eigenvalue weighted by Gasteiger charge is -2.04. The SMILES string of the molecule is c1ccc2nc(Cc3ccc4c(c3)OCO4)ccc2c1. The monoisotopic (exact) mass is 263 g/mol. The van der Waals surface area contributed by atoms with Crippen molar-refractivity contribution in [1.29, 1.82) is 0 Å². The van der Waals surface area contributed by atoms with Crippen LogP contribution in [0.5, 0.6) is 11.5 Å². The van der Waals surface area contributed by atoms with Gasteiger partial charge in [-0.15, -0.1) is 0 Å². The molecule has 20 heavy (non-hydrogen) atoms. The molecule has 2 aromatic carbocycles. The second-order valence-corrected chi connectivity index (χ2v) is 4.86. The summed E-state index contributed by atoms with van der Waals surface area (Å²) in [5, 5.41) is 1.17. The van der Waals surface area contributed by atoms with Crippen LogP contribution in [0.3, 0.4) is 0 Å². The first-order valence-corrected chi connectivity index (χ1v) is 6.62. The minimum absolute atomic E-state index is 0.313. The highest BCUT2D eigenvalue weighted by molar-refractivity contribution is 5.78. The Kier molecular flexibility index (Phi) is 2.56. The molecule has 0 saturated carbocycles. The van der Waals surface area contributed by atoms with Gasteiger partial charge < -0.3 is 9.47 Å². The van der Waals surface area contributed by atoms with Crippen molar-refractivity contribution in [2.75, 3.05) is 6.79 Å². The van der Waals surface area contributed by atoms with Gasteiger partial charge in [0.25, 0.3) is 0 Å². The number of aromatic nitrogens is 1. The van der Waals surface area contributed by atoms with Crippen molar-refractivity contribution in [3.63, 3.8) is 0 Å². The zero-order chi connectivity index (χ0) is 13.4. The smallest absolute Gasteiger partial charge is 0.231 e. The van der Waals surface area contributed by atoms with E-state index in [0.29, 0.717) is 6.79 Å². The Morgan fingerprint density at radius 1 is 0.900 bits per heavy atom. The van der Waals surface area contributed by atoms with Gasteiger partial charge in [-0.3, -0.25) is 4.98 Å². The quantitative estimate of drug-likeness (QED) is 0.708. The summed E-state index contributed by atoms with van der Waals surface area (Å²) in [6, 6.07) is 18.4. The Balaban J connectivity index is 1.67. The van der Waals surface area contributed by atoms with Crippen LogP contribution in [0.25, 0.3) is 10.9 Å². The molecule has 0 bridgehead atoms. The summed E-state index contributed by atoms with van der Waals surface area (Å²) in [7, 11) is 0. The molecule has 0 fully saturated rings. The summed E-state index contributed by atoms with van der Waals surface area (Å²) in [5.74, 6) is 1.64. The van der Waals surface area contributed by atoms with Gasteiger partial charge in [0.05, 0.1) is 5.52 Å². The summed E-state index contributed by atoms with van der Waals surface area (Å²) in [6.07, 6.45) is 0.793. The van der Waals surface area contributed by atoms with E-state index in [4.69, 9.17) is 14.5 Å². The molecule has 0 unspecified atom stereocenters. The second-order valence-electron chi connectivity index (χ2n) is 4.86. The Morgan fingerprint density at radius 3 is 2.80 bits per heavy atom. The molecule has 3 heteroatoms. The number of para-hydroxylation sites is 1. The average Bonchev–Trinajstić information content (AvgIpc) is 2.95. The molecule has 2 heterocycles. The third kappa shape index (κ3) is 1.97. The molecule has 1 aromatic heterocycles. The maximum absolute atomic E-state index is 5.40. The van der Waals surface area contributed by atoms with Gasteiger partial charge in [-0.2, -0.15) is 0 Å². The lowest BCUT2D eigenvalue weighted by Crippen LogP contribution is -1.93. The van der Waals surface area contributed by atoms with Crippen LogP contribution in [0.2, 0.25) is 0 Å². The van der Waals surface area contributed by atoms with Crippen LogP contribution >= 0.6 is 0 Å². The lowest BCUT2D eigenvalue weighted by atomic mass is 10.1. The Morgan fingerprint density at radius 2 is 1.80 bits per heavy atom. The molecule has 3 nitrogen and oxygen atoms in total. The van der Waals surface area contributed by atoms with Crippen molar-refractivity contribution in [2.45, 2.75) is 6.42 Å². The van der Waals surface area contributed by atoms with Crippen LogP contribution in [-0.4, -0.2) is 11.8 Å². The minimum atomic E-state index is 0.313. The van der Waals surface area contributed by atoms with E-state index in [9.17, 15) is 0 Å². The third-order valence-electron chi connectivity index (χ3n) is 3.48. The predicted octanol–water partition coefficient (Wildman–Crippen LogP) is 3.55. The molecule has 1 aliphatic heterocycles. The van der Waals surface area contributed by atoms with Crippen molar-refractivity contribution >= 4 is 10.9 Å². The lowest BCUT2D eigenvalue weighted by molar-refractivity contribution is 0.174. The average molecular weight is 263 g/mol. The third-order valence-corrected chi connectivity index (χ3v) is 3.48. The fourth-order valence-electron chi connectivity index (χ4n) is 2.47. The normalized spacial score (nSPS) is 12.8. The maximum atomic E-state index is 5.40. The maximum Gasteiger partial charge on any atom is 0.231 e. The molecule has 0 radical (unpaired) electrons. The molecule has 0 N–H and O–H groups in total. The highest BCUT2D eigenvalue weighted by Gasteiger charge is 2.13. The van der Waals surface area contributed by atoms with Crippen LogP contribution in [0.15, 0.2) is 54.6 Å². The van der Waals surface area contributed by atoms with Gasteiger partial charge in [-0.05, 0) is 29.8 Å². The van der Waals surface area contributed by atoms with E-state index < -0.39 is 0 Å². The van der Waals surface area contributed by atoms with E-state index in [1.165, 1.54) is 10.9 Å². The van der Waals surface area contributed by atoms with E-state index in [1.54, 1.807) is 0 Å². The number of pyridine rings is 1. The van der Waals surface area contributed by atoms with Crippen LogP contribution in [0.4, 0.5) is 0 Å². The van der Waals surface area contributed by atoms with Gasteiger partial charge in [0.15, 0.2) is 11.5 Å². The first-order chi connectivity index (χ1) is 9.88. The van der Waals surface area contributed by atoms with E-state index in [-0.39, 0.29) is 0 Å². The molecule has 1 aliphatic rings. The first-order valence-electron chi connectivity index (χ1n) is 6.62. The summed E-state index contributed by atoms with van der Waals surface area (Å²) in [5.41, 5.74) is 3.27. The predicted molar refractivity (Wildman–Crippen MR) is 77.1 cm³/mol. The summed E-state index contributed by atoms with van der Waals surface area (Å²) in [4.78, 5) is 4.69. The van der Waals surface area contributed by atoms with Crippen molar-refractivity contribution in [3.8, 4) is 11.5 Å². The molecular formula is C17H13NO2. The number of hydrogen-bond acceptors (Lipinski definition) is 3. The number of fused-ring (bicyclic) bond motifs is 2. The molecule has 4 rings (SSSR count). The number of ether oxygens (including phenoxy) is 2. The van der Waals surface area contributed by atoms with Crippen molar-refractivity contribution in [2.24, 2.45) is 0 Å². The molecule has 0 spiro atoms. The molecule has 3 aromatic rings. The fourth-order valence-corrected chi connectivity index (χ4v) is 2.47. The second kappa shape index (κ2) is 4.53. The largest absolute Gasteiger partial charge is 0.454 e. The number of benzene rings is 2. The molecule has 0 atom stereocenters. The van der Waals surface area contributed by atoms with Gasteiger partial charge in [0, 0.05) is 17.5 Å². The highest BCUT2D eigenvalue weighted by Crippen LogP contribution is 2.33. The summed E-state index contributed by atoms with van der Waals surface area (Å²) in [6.45, 7) is 0.313. The van der Waals surface area contributed by atoms with E-state index >= 15 is 0 Å². The van der Waals surface area contributed by atoms with Crippen LogP contribution in [0, 0.1) is 0 Å². The Hall–Kier alpha value is -2.55. The van der Waals surface area contributed by atoms with Crippen LogP contribution in [0.1, 0.15) is 11.3 Å². The highest BCUT2D eigenvalue weighted by atomic mass is 16.7. The van der Waals surface area contributed by atoms with Gasteiger partial charge in [-0.1, -0.05) is 30.3 Å². The summed E-state index contributed by atoms with van der Waals surface area (Å²) < 4.78 is 10.7. The van der Waals surface area contributed by atoms with E-state index in [1.807, 2.05) is 30.3 Å². The van der Waals surface area contributed by atoms with Gasteiger partial charge in [0.2, 0.25) is 6.79 Å². The molecule has 0 saturated heterocycles. The van der Waals surface area contributed by atoms with Gasteiger partial charge in [0.1, 0.15) is 0 Å². The number of hydrogen-bond donors (Lipinski definition) is 0. The van der Waals surface area contributed by atoms with Crippen molar-refractivity contribution in [3.05, 3.63) is 65.9 Å². The molecule has 98 valence electrons. The molecule has 0 aliphatic carbocycles. The van der Waals surface area contributed by atoms with Crippen LogP contribution in [-0.2, 0) is 6.42 Å². The Bertz CT molecular complexity index is 783. The summed E-state index contributed by atoms with van der Waals surface area (Å²) >= 11 is 0. The topological polar surface area (TPSA) is 31.4 Å². The van der Waals surface area contributed by atoms with Crippen molar-refractivity contribution < 1.29 is 9.47 Å². The Labute approximate surface area is 116 Å².